The van der Waals surface area contributed by atoms with Crippen LogP contribution in [0, 0.1) is 2.88 Å². The van der Waals surface area contributed by atoms with Gasteiger partial charge >= 0.3 is 0 Å². The third-order valence-corrected chi connectivity index (χ3v) is 5.10. The minimum absolute atomic E-state index is 1.11. The van der Waals surface area contributed by atoms with Crippen LogP contribution < -0.4 is 0 Å². The Balaban J connectivity index is 2.78. The molecule has 0 atom stereocenters. The summed E-state index contributed by atoms with van der Waals surface area (Å²) < 4.78 is 2.65. The largest absolute Gasteiger partial charge is 0.142 e. The van der Waals surface area contributed by atoms with Crippen LogP contribution in [0.3, 0.4) is 0 Å². The van der Waals surface area contributed by atoms with E-state index in [-0.39, 0.29) is 0 Å². The SMILES string of the molecule is CSc1ccc2sc(I)cc2c1S. The summed E-state index contributed by atoms with van der Waals surface area (Å²) in [6.45, 7) is 0. The Morgan fingerprint density at radius 3 is 2.92 bits per heavy atom. The highest BCUT2D eigenvalue weighted by molar-refractivity contribution is 14.1. The van der Waals surface area contributed by atoms with Crippen molar-refractivity contribution in [1.29, 1.82) is 0 Å². The molecule has 1 heterocycles. The molecule has 68 valence electrons. The monoisotopic (exact) mass is 338 g/mol. The molecule has 0 fully saturated rings. The van der Waals surface area contributed by atoms with E-state index in [9.17, 15) is 0 Å². The number of fused-ring (bicyclic) bond motifs is 1. The molecule has 4 heteroatoms. The van der Waals surface area contributed by atoms with E-state index >= 15 is 0 Å². The van der Waals surface area contributed by atoms with Gasteiger partial charge in [-0.25, -0.2) is 0 Å². The lowest BCUT2D eigenvalue weighted by molar-refractivity contribution is 1.32. The Morgan fingerprint density at radius 1 is 1.46 bits per heavy atom. The third kappa shape index (κ3) is 1.86. The first kappa shape index (κ1) is 10.1. The van der Waals surface area contributed by atoms with Crippen LogP contribution in [0.4, 0.5) is 0 Å². The molecule has 0 amide bonds. The van der Waals surface area contributed by atoms with E-state index in [0.29, 0.717) is 0 Å². The lowest BCUT2D eigenvalue weighted by Gasteiger charge is -2.01. The van der Waals surface area contributed by atoms with E-state index in [0.717, 1.165) is 4.90 Å². The molecule has 0 radical (unpaired) electrons. The van der Waals surface area contributed by atoms with E-state index in [1.807, 2.05) is 11.3 Å². The third-order valence-electron chi connectivity index (χ3n) is 1.83. The summed E-state index contributed by atoms with van der Waals surface area (Å²) in [6, 6.07) is 6.51. The molecular formula is C9H7IS3. The van der Waals surface area contributed by atoms with Crippen molar-refractivity contribution >= 4 is 68.4 Å². The van der Waals surface area contributed by atoms with Crippen LogP contribution in [-0.2, 0) is 0 Å². The molecular weight excluding hydrogens is 331 g/mol. The van der Waals surface area contributed by atoms with E-state index in [1.54, 1.807) is 11.8 Å². The van der Waals surface area contributed by atoms with Crippen LogP contribution in [0.15, 0.2) is 28.0 Å². The van der Waals surface area contributed by atoms with Gasteiger partial charge in [-0.05, 0) is 47.0 Å². The zero-order valence-corrected chi connectivity index (χ0v) is 11.6. The van der Waals surface area contributed by atoms with Gasteiger partial charge in [-0.3, -0.25) is 0 Å². The zero-order valence-electron chi connectivity index (χ0n) is 6.87. The molecule has 0 nitrogen and oxygen atoms in total. The van der Waals surface area contributed by atoms with E-state index in [1.165, 1.54) is 17.9 Å². The average Bonchev–Trinajstić information content (AvgIpc) is 2.47. The molecule has 0 saturated heterocycles. The maximum atomic E-state index is 4.54. The van der Waals surface area contributed by atoms with Gasteiger partial charge in [0.05, 0.1) is 2.88 Å². The smallest absolute Gasteiger partial charge is 0.0666 e. The molecule has 0 spiro atoms. The summed E-state index contributed by atoms with van der Waals surface area (Å²) in [5, 5.41) is 1.28. The van der Waals surface area contributed by atoms with Gasteiger partial charge in [-0.15, -0.1) is 35.7 Å². The molecule has 0 aliphatic rings. The summed E-state index contributed by atoms with van der Waals surface area (Å²) in [7, 11) is 0. The highest BCUT2D eigenvalue weighted by Gasteiger charge is 2.06. The van der Waals surface area contributed by atoms with Crippen molar-refractivity contribution in [3.05, 3.63) is 21.1 Å². The van der Waals surface area contributed by atoms with Crippen molar-refractivity contribution in [2.75, 3.05) is 6.26 Å². The molecule has 0 unspecified atom stereocenters. The van der Waals surface area contributed by atoms with Gasteiger partial charge in [-0.1, -0.05) is 0 Å². The van der Waals surface area contributed by atoms with Gasteiger partial charge in [0.15, 0.2) is 0 Å². The highest BCUT2D eigenvalue weighted by Crippen LogP contribution is 2.36. The molecule has 1 aromatic heterocycles. The molecule has 0 N–H and O–H groups in total. The molecule has 0 bridgehead atoms. The van der Waals surface area contributed by atoms with Crippen LogP contribution in [0.25, 0.3) is 10.1 Å². The van der Waals surface area contributed by atoms with Gasteiger partial charge in [0, 0.05) is 19.9 Å². The lowest BCUT2D eigenvalue weighted by Crippen LogP contribution is -1.73. The number of benzene rings is 1. The summed E-state index contributed by atoms with van der Waals surface area (Å²) in [4.78, 5) is 2.37. The second-order valence-electron chi connectivity index (χ2n) is 2.58. The van der Waals surface area contributed by atoms with E-state index in [4.69, 9.17) is 0 Å². The molecule has 0 aliphatic heterocycles. The predicted octanol–water partition coefficient (Wildman–Crippen LogP) is 4.52. The molecule has 2 aromatic rings. The number of hydrogen-bond acceptors (Lipinski definition) is 3. The molecule has 0 aliphatic carbocycles. The number of halogens is 1. The number of thioether (sulfide) groups is 1. The van der Waals surface area contributed by atoms with Gasteiger partial charge in [-0.2, -0.15) is 0 Å². The first-order valence-electron chi connectivity index (χ1n) is 3.67. The number of rotatable bonds is 1. The van der Waals surface area contributed by atoms with Gasteiger partial charge in [0.2, 0.25) is 0 Å². The molecule has 0 saturated carbocycles. The topological polar surface area (TPSA) is 0 Å². The second kappa shape index (κ2) is 4.00. The fourth-order valence-electron chi connectivity index (χ4n) is 1.21. The Hall–Kier alpha value is 0.610. The summed E-state index contributed by atoms with van der Waals surface area (Å²) in [6.07, 6.45) is 2.08. The Kier molecular flexibility index (Phi) is 3.12. The standard InChI is InChI=1S/C9H7IS3/c1-12-7-3-2-6-5(9(7)11)4-8(10)13-6/h2-4,11H,1H3. The number of hydrogen-bond donors (Lipinski definition) is 1. The summed E-state index contributed by atoms with van der Waals surface area (Å²) in [5.41, 5.74) is 0. The van der Waals surface area contributed by atoms with Gasteiger partial charge in [0.25, 0.3) is 0 Å². The maximum absolute atomic E-state index is 4.54. The minimum atomic E-state index is 1.11. The van der Waals surface area contributed by atoms with Crippen molar-refractivity contribution in [3.63, 3.8) is 0 Å². The lowest BCUT2D eigenvalue weighted by atomic mass is 10.3. The Labute approximate surface area is 105 Å². The van der Waals surface area contributed by atoms with Gasteiger partial charge in [0.1, 0.15) is 0 Å². The average molecular weight is 338 g/mol. The second-order valence-corrected chi connectivity index (χ2v) is 6.85. The predicted molar refractivity (Wildman–Crippen MR) is 73.6 cm³/mol. The van der Waals surface area contributed by atoms with E-state index in [2.05, 4.69) is 59.7 Å². The maximum Gasteiger partial charge on any atom is 0.0666 e. The van der Waals surface area contributed by atoms with Crippen LogP contribution in [0.2, 0.25) is 0 Å². The Morgan fingerprint density at radius 2 is 2.23 bits per heavy atom. The molecule has 13 heavy (non-hydrogen) atoms. The quantitative estimate of drug-likeness (QED) is 0.453. The van der Waals surface area contributed by atoms with Crippen LogP contribution >= 0.6 is 58.3 Å². The fraction of sp³-hybridized carbons (Fsp3) is 0.111. The van der Waals surface area contributed by atoms with Crippen LogP contribution in [0.5, 0.6) is 0 Å². The summed E-state index contributed by atoms with van der Waals surface area (Å²) >= 11 is 10.5. The van der Waals surface area contributed by atoms with E-state index < -0.39 is 0 Å². The number of thiophene rings is 1. The normalized spacial score (nSPS) is 11.0. The first-order chi connectivity index (χ1) is 6.22. The molecule has 2 rings (SSSR count). The first-order valence-corrected chi connectivity index (χ1v) is 7.24. The Bertz CT molecular complexity index is 447. The summed E-state index contributed by atoms with van der Waals surface area (Å²) in [5.74, 6) is 0. The zero-order chi connectivity index (χ0) is 9.42. The molecule has 1 aromatic carbocycles. The van der Waals surface area contributed by atoms with Gasteiger partial charge < -0.3 is 0 Å². The number of thiol groups is 1. The van der Waals surface area contributed by atoms with Crippen molar-refractivity contribution in [1.82, 2.24) is 0 Å². The fourth-order valence-corrected chi connectivity index (χ4v) is 4.14. The highest BCUT2D eigenvalue weighted by atomic mass is 127. The van der Waals surface area contributed by atoms with Crippen LogP contribution in [-0.4, -0.2) is 6.26 Å². The van der Waals surface area contributed by atoms with Crippen molar-refractivity contribution in [2.24, 2.45) is 0 Å². The minimum Gasteiger partial charge on any atom is -0.142 e. The van der Waals surface area contributed by atoms with Crippen molar-refractivity contribution in [2.45, 2.75) is 9.79 Å². The van der Waals surface area contributed by atoms with Crippen molar-refractivity contribution in [3.8, 4) is 0 Å². The van der Waals surface area contributed by atoms with Crippen LogP contribution in [0.1, 0.15) is 0 Å². The van der Waals surface area contributed by atoms with Crippen molar-refractivity contribution < 1.29 is 0 Å².